The van der Waals surface area contributed by atoms with Gasteiger partial charge in [0.15, 0.2) is 0 Å². The highest BCUT2D eigenvalue weighted by Crippen LogP contribution is 2.37. The van der Waals surface area contributed by atoms with Gasteiger partial charge in [-0.1, -0.05) is 0 Å². The predicted molar refractivity (Wildman–Crippen MR) is 46.6 cm³/mol. The first kappa shape index (κ1) is 10.8. The number of aliphatic hydroxyl groups excluding tert-OH is 2. The lowest BCUT2D eigenvalue weighted by Gasteiger charge is -2.17. The second kappa shape index (κ2) is 4.26. The Morgan fingerprint density at radius 1 is 1.54 bits per heavy atom. The lowest BCUT2D eigenvalue weighted by Crippen LogP contribution is -2.27. The number of carbonyl (C=O) groups is 1. The Labute approximate surface area is 81.1 Å². The standard InChI is InChI=1S/C8H13ClO4/c9-6-1-4(2-7(11)12)5(3-10)8(6)13/h4-6,8,10,13H,1-3H2,(H,11,12). The average Bonchev–Trinajstić information content (AvgIpc) is 2.27. The minimum Gasteiger partial charge on any atom is -0.481 e. The molecule has 13 heavy (non-hydrogen) atoms. The smallest absolute Gasteiger partial charge is 0.303 e. The van der Waals surface area contributed by atoms with Gasteiger partial charge >= 0.3 is 5.97 Å². The minimum atomic E-state index is -0.915. The molecule has 0 bridgehead atoms. The topological polar surface area (TPSA) is 77.8 Å². The number of alkyl halides is 1. The molecule has 4 nitrogen and oxygen atoms in total. The van der Waals surface area contributed by atoms with Crippen LogP contribution in [0.15, 0.2) is 0 Å². The molecule has 4 unspecified atom stereocenters. The third-order valence-corrected chi connectivity index (χ3v) is 3.03. The number of aliphatic carboxylic acids is 1. The van der Waals surface area contributed by atoms with Crippen LogP contribution in [0.3, 0.4) is 0 Å². The molecule has 0 radical (unpaired) electrons. The number of aliphatic hydroxyl groups is 2. The highest BCUT2D eigenvalue weighted by Gasteiger charge is 2.41. The van der Waals surface area contributed by atoms with Crippen LogP contribution in [-0.2, 0) is 4.79 Å². The van der Waals surface area contributed by atoms with E-state index < -0.39 is 23.4 Å². The zero-order chi connectivity index (χ0) is 10.0. The first-order valence-corrected chi connectivity index (χ1v) is 4.64. The molecule has 1 fully saturated rings. The molecule has 1 aliphatic carbocycles. The van der Waals surface area contributed by atoms with E-state index in [9.17, 15) is 9.90 Å². The van der Waals surface area contributed by atoms with Crippen LogP contribution in [0.2, 0.25) is 0 Å². The summed E-state index contributed by atoms with van der Waals surface area (Å²) in [6, 6.07) is 0. The third kappa shape index (κ3) is 2.33. The first-order chi connectivity index (χ1) is 6.06. The SMILES string of the molecule is O=C(O)CC1CC(Cl)C(O)C1CO. The van der Waals surface area contributed by atoms with Crippen molar-refractivity contribution in [3.8, 4) is 0 Å². The molecule has 1 saturated carbocycles. The minimum absolute atomic E-state index is 0.0362. The second-order valence-corrected chi connectivity index (χ2v) is 4.01. The number of rotatable bonds is 3. The summed E-state index contributed by atoms with van der Waals surface area (Å²) in [5, 5.41) is 26.5. The maximum absolute atomic E-state index is 10.4. The van der Waals surface area contributed by atoms with Gasteiger partial charge in [0.1, 0.15) is 0 Å². The molecule has 0 aromatic heterocycles. The van der Waals surface area contributed by atoms with Gasteiger partial charge in [-0.2, -0.15) is 0 Å². The summed E-state index contributed by atoms with van der Waals surface area (Å²) < 4.78 is 0. The number of hydrogen-bond donors (Lipinski definition) is 3. The normalized spacial score (nSPS) is 39.3. The Bertz CT molecular complexity index is 197. The molecule has 0 aromatic carbocycles. The summed E-state index contributed by atoms with van der Waals surface area (Å²) in [4.78, 5) is 10.4. The van der Waals surface area contributed by atoms with Crippen LogP contribution in [0.1, 0.15) is 12.8 Å². The molecular formula is C8H13ClO4. The molecule has 0 spiro atoms. The lowest BCUT2D eigenvalue weighted by molar-refractivity contribution is -0.138. The summed E-state index contributed by atoms with van der Waals surface area (Å²) >= 11 is 5.76. The molecule has 4 atom stereocenters. The van der Waals surface area contributed by atoms with Crippen molar-refractivity contribution in [2.24, 2.45) is 11.8 Å². The average molecular weight is 209 g/mol. The van der Waals surface area contributed by atoms with Gasteiger partial charge < -0.3 is 15.3 Å². The Morgan fingerprint density at radius 2 is 2.15 bits per heavy atom. The van der Waals surface area contributed by atoms with Crippen LogP contribution in [-0.4, -0.2) is 39.4 Å². The van der Waals surface area contributed by atoms with Gasteiger partial charge in [0.2, 0.25) is 0 Å². The maximum Gasteiger partial charge on any atom is 0.303 e. The van der Waals surface area contributed by atoms with Crippen molar-refractivity contribution >= 4 is 17.6 Å². The van der Waals surface area contributed by atoms with E-state index in [1.165, 1.54) is 0 Å². The van der Waals surface area contributed by atoms with E-state index in [0.29, 0.717) is 6.42 Å². The number of hydrogen-bond acceptors (Lipinski definition) is 3. The summed E-state index contributed by atoms with van der Waals surface area (Å²) in [5.41, 5.74) is 0. The molecule has 3 N–H and O–H groups in total. The molecular weight excluding hydrogens is 196 g/mol. The van der Waals surface area contributed by atoms with Crippen LogP contribution >= 0.6 is 11.6 Å². The van der Waals surface area contributed by atoms with Gasteiger partial charge in [0.25, 0.3) is 0 Å². The Kier molecular flexibility index (Phi) is 3.53. The van der Waals surface area contributed by atoms with E-state index >= 15 is 0 Å². The first-order valence-electron chi connectivity index (χ1n) is 4.21. The molecule has 5 heteroatoms. The van der Waals surface area contributed by atoms with E-state index in [1.54, 1.807) is 0 Å². The molecule has 0 aliphatic heterocycles. The fraction of sp³-hybridized carbons (Fsp3) is 0.875. The Hall–Kier alpha value is -0.320. The Balaban J connectivity index is 2.59. The van der Waals surface area contributed by atoms with Crippen LogP contribution in [0.25, 0.3) is 0 Å². The van der Waals surface area contributed by atoms with Crippen LogP contribution in [0.5, 0.6) is 0 Å². The quantitative estimate of drug-likeness (QED) is 0.573. The van der Waals surface area contributed by atoms with Gasteiger partial charge in [-0.15, -0.1) is 11.6 Å². The van der Waals surface area contributed by atoms with E-state index in [-0.39, 0.29) is 18.9 Å². The third-order valence-electron chi connectivity index (χ3n) is 2.59. The molecule has 0 saturated heterocycles. The molecule has 0 heterocycles. The summed E-state index contributed by atoms with van der Waals surface area (Å²) in [6.45, 7) is -0.206. The number of carboxylic acid groups (broad SMARTS) is 1. The van der Waals surface area contributed by atoms with Gasteiger partial charge in [-0.05, 0) is 12.3 Å². The zero-order valence-electron chi connectivity index (χ0n) is 7.06. The summed E-state index contributed by atoms with van der Waals surface area (Å²) in [5.74, 6) is -1.51. The van der Waals surface area contributed by atoms with Gasteiger partial charge in [0, 0.05) is 18.9 Å². The van der Waals surface area contributed by atoms with Gasteiger partial charge in [0.05, 0.1) is 11.5 Å². The van der Waals surface area contributed by atoms with E-state index in [4.69, 9.17) is 21.8 Å². The van der Waals surface area contributed by atoms with Gasteiger partial charge in [-0.3, -0.25) is 4.79 Å². The number of halogens is 1. The van der Waals surface area contributed by atoms with Crippen molar-refractivity contribution in [1.82, 2.24) is 0 Å². The zero-order valence-corrected chi connectivity index (χ0v) is 7.81. The monoisotopic (exact) mass is 208 g/mol. The van der Waals surface area contributed by atoms with Crippen LogP contribution < -0.4 is 0 Å². The second-order valence-electron chi connectivity index (χ2n) is 3.45. The van der Waals surface area contributed by atoms with E-state index in [1.807, 2.05) is 0 Å². The van der Waals surface area contributed by atoms with E-state index in [2.05, 4.69) is 0 Å². The highest BCUT2D eigenvalue weighted by atomic mass is 35.5. The van der Waals surface area contributed by atoms with Crippen molar-refractivity contribution in [3.63, 3.8) is 0 Å². The van der Waals surface area contributed by atoms with Crippen molar-refractivity contribution in [3.05, 3.63) is 0 Å². The molecule has 0 aromatic rings. The maximum atomic E-state index is 10.4. The highest BCUT2D eigenvalue weighted by molar-refractivity contribution is 6.21. The van der Waals surface area contributed by atoms with Crippen molar-refractivity contribution in [2.75, 3.05) is 6.61 Å². The Morgan fingerprint density at radius 3 is 2.62 bits per heavy atom. The molecule has 1 rings (SSSR count). The number of carboxylic acids is 1. The predicted octanol–water partition coefficient (Wildman–Crippen LogP) is 0.0578. The molecule has 0 amide bonds. The van der Waals surface area contributed by atoms with Crippen molar-refractivity contribution in [2.45, 2.75) is 24.3 Å². The molecule has 1 aliphatic rings. The van der Waals surface area contributed by atoms with Gasteiger partial charge in [-0.25, -0.2) is 0 Å². The molecule has 76 valence electrons. The lowest BCUT2D eigenvalue weighted by atomic mass is 9.93. The van der Waals surface area contributed by atoms with Crippen LogP contribution in [0, 0.1) is 11.8 Å². The summed E-state index contributed by atoms with van der Waals surface area (Å²) in [6.07, 6.45) is -0.359. The van der Waals surface area contributed by atoms with Crippen molar-refractivity contribution in [1.29, 1.82) is 0 Å². The van der Waals surface area contributed by atoms with E-state index in [0.717, 1.165) is 0 Å². The van der Waals surface area contributed by atoms with Crippen LogP contribution in [0.4, 0.5) is 0 Å². The van der Waals surface area contributed by atoms with Crippen molar-refractivity contribution < 1.29 is 20.1 Å². The largest absolute Gasteiger partial charge is 0.481 e. The fourth-order valence-electron chi connectivity index (χ4n) is 1.87. The summed E-state index contributed by atoms with van der Waals surface area (Å²) in [7, 11) is 0. The fourth-order valence-corrected chi connectivity index (χ4v) is 2.28.